The normalized spacial score (nSPS) is 17.7. The summed E-state index contributed by atoms with van der Waals surface area (Å²) in [6.07, 6.45) is 5.34. The molecular formula is C26H31N7O. The molecule has 5 rings (SSSR count). The number of imidazole rings is 1. The molecule has 0 saturated carbocycles. The molecule has 0 atom stereocenters. The fraction of sp³-hybridized carbons (Fsp3) is 0.385. The number of piperidine rings is 1. The van der Waals surface area contributed by atoms with Gasteiger partial charge in [-0.15, -0.1) is 10.2 Å². The van der Waals surface area contributed by atoms with Crippen molar-refractivity contribution < 1.29 is 5.11 Å². The van der Waals surface area contributed by atoms with Crippen LogP contribution in [0.15, 0.2) is 48.9 Å². The van der Waals surface area contributed by atoms with Crippen LogP contribution in [-0.4, -0.2) is 54.4 Å². The molecule has 1 fully saturated rings. The quantitative estimate of drug-likeness (QED) is 0.414. The van der Waals surface area contributed by atoms with Crippen molar-refractivity contribution in [2.75, 3.05) is 11.9 Å². The van der Waals surface area contributed by atoms with Crippen molar-refractivity contribution >= 4 is 17.0 Å². The van der Waals surface area contributed by atoms with Crippen LogP contribution in [0.5, 0.6) is 5.75 Å². The maximum Gasteiger partial charge on any atom is 0.245 e. The minimum atomic E-state index is 0.0312. The summed E-state index contributed by atoms with van der Waals surface area (Å²) in [6.45, 7) is 8.93. The smallest absolute Gasteiger partial charge is 0.245 e. The highest BCUT2D eigenvalue weighted by atomic mass is 16.3. The molecule has 4 aromatic rings. The number of anilines is 1. The average molecular weight is 458 g/mol. The number of H-pyrrole nitrogens is 1. The Bertz CT molecular complexity index is 1310. The first kappa shape index (κ1) is 22.3. The van der Waals surface area contributed by atoms with Crippen molar-refractivity contribution in [1.82, 2.24) is 30.5 Å². The van der Waals surface area contributed by atoms with Crippen LogP contribution < -0.4 is 10.2 Å². The Hall–Kier alpha value is -3.52. The van der Waals surface area contributed by atoms with Crippen LogP contribution in [0.3, 0.4) is 0 Å². The molecule has 2 aromatic heterocycles. The van der Waals surface area contributed by atoms with E-state index in [0.717, 1.165) is 35.0 Å². The Kier molecular flexibility index (Phi) is 5.28. The number of benzene rings is 2. The number of rotatable bonds is 4. The van der Waals surface area contributed by atoms with Gasteiger partial charge in [-0.2, -0.15) is 0 Å². The van der Waals surface area contributed by atoms with Gasteiger partial charge in [-0.3, -0.25) is 0 Å². The molecule has 0 spiro atoms. The van der Waals surface area contributed by atoms with E-state index < -0.39 is 0 Å². The number of aromatic amines is 1. The van der Waals surface area contributed by atoms with E-state index in [-0.39, 0.29) is 16.8 Å². The molecule has 34 heavy (non-hydrogen) atoms. The third-order valence-electron chi connectivity index (χ3n) is 6.61. The van der Waals surface area contributed by atoms with Crippen molar-refractivity contribution in [3.63, 3.8) is 0 Å². The number of aromatic nitrogens is 5. The molecule has 3 N–H and O–H groups in total. The summed E-state index contributed by atoms with van der Waals surface area (Å²) in [5, 5.41) is 23.2. The molecule has 0 amide bonds. The van der Waals surface area contributed by atoms with Gasteiger partial charge in [-0.25, -0.2) is 9.97 Å². The molecule has 0 unspecified atom stereocenters. The highest BCUT2D eigenvalue weighted by Gasteiger charge is 2.39. The van der Waals surface area contributed by atoms with E-state index in [2.05, 4.69) is 63.1 Å². The molecule has 8 heteroatoms. The molecule has 2 aromatic carbocycles. The van der Waals surface area contributed by atoms with Gasteiger partial charge >= 0.3 is 0 Å². The number of fused-ring (bicyclic) bond motifs is 1. The van der Waals surface area contributed by atoms with E-state index in [0.29, 0.717) is 23.2 Å². The standard InChI is InChI=1S/C26H31N7O/c1-25(2)12-18(13-26(3,4)32-25)33(5)24-27-14-22(30-31-24)19-8-6-17(11-23(19)34)16-7-9-20-21(10-16)29-15-28-20/h6-11,14-15,18,32,34H,12-13H2,1-5H3,(H,28,29). The van der Waals surface area contributed by atoms with Gasteiger partial charge < -0.3 is 20.3 Å². The topological polar surface area (TPSA) is 103 Å². The van der Waals surface area contributed by atoms with E-state index in [1.807, 2.05) is 37.4 Å². The zero-order valence-electron chi connectivity index (χ0n) is 20.3. The van der Waals surface area contributed by atoms with E-state index in [1.165, 1.54) is 0 Å². The lowest BCUT2D eigenvalue weighted by Gasteiger charge is -2.48. The second kappa shape index (κ2) is 8.06. The Labute approximate surface area is 199 Å². The van der Waals surface area contributed by atoms with E-state index in [4.69, 9.17) is 0 Å². The van der Waals surface area contributed by atoms with Crippen LogP contribution in [0.4, 0.5) is 5.95 Å². The molecular weight excluding hydrogens is 426 g/mol. The second-order valence-corrected chi connectivity index (χ2v) is 10.6. The third-order valence-corrected chi connectivity index (χ3v) is 6.61. The molecule has 3 heterocycles. The maximum atomic E-state index is 10.7. The highest BCUT2D eigenvalue weighted by Crippen LogP contribution is 2.34. The SMILES string of the molecule is CN(c1ncc(-c2ccc(-c3ccc4nc[nH]c4c3)cc2O)nn1)C1CC(C)(C)NC(C)(C)C1. The zero-order valence-corrected chi connectivity index (χ0v) is 20.3. The van der Waals surface area contributed by atoms with Crippen molar-refractivity contribution in [3.05, 3.63) is 48.9 Å². The predicted octanol–water partition coefficient (Wildman–Crippen LogP) is 4.53. The lowest BCUT2D eigenvalue weighted by Crippen LogP contribution is -2.62. The number of phenols is 1. The van der Waals surface area contributed by atoms with Crippen LogP contribution in [0.1, 0.15) is 40.5 Å². The minimum Gasteiger partial charge on any atom is -0.507 e. The Morgan fingerprint density at radius 3 is 2.32 bits per heavy atom. The summed E-state index contributed by atoms with van der Waals surface area (Å²) in [5.74, 6) is 0.729. The van der Waals surface area contributed by atoms with Crippen LogP contribution in [-0.2, 0) is 0 Å². The summed E-state index contributed by atoms with van der Waals surface area (Å²) in [5.41, 5.74) is 4.97. The molecule has 1 saturated heterocycles. The van der Waals surface area contributed by atoms with Crippen LogP contribution in [0.25, 0.3) is 33.4 Å². The summed E-state index contributed by atoms with van der Waals surface area (Å²) in [4.78, 5) is 14.1. The van der Waals surface area contributed by atoms with Gasteiger partial charge in [0.15, 0.2) is 0 Å². The van der Waals surface area contributed by atoms with Crippen molar-refractivity contribution in [3.8, 4) is 28.1 Å². The summed E-state index contributed by atoms with van der Waals surface area (Å²) >= 11 is 0. The van der Waals surface area contributed by atoms with Gasteiger partial charge in [0.1, 0.15) is 11.4 Å². The monoisotopic (exact) mass is 457 g/mol. The molecule has 1 aliphatic rings. The number of aromatic hydroxyl groups is 1. The van der Waals surface area contributed by atoms with E-state index in [9.17, 15) is 5.11 Å². The fourth-order valence-corrected chi connectivity index (χ4v) is 5.30. The molecule has 0 bridgehead atoms. The zero-order chi connectivity index (χ0) is 24.1. The summed E-state index contributed by atoms with van der Waals surface area (Å²) in [7, 11) is 2.03. The van der Waals surface area contributed by atoms with E-state index in [1.54, 1.807) is 18.6 Å². The minimum absolute atomic E-state index is 0.0312. The van der Waals surface area contributed by atoms with Crippen LogP contribution in [0.2, 0.25) is 0 Å². The number of hydrogen-bond donors (Lipinski definition) is 3. The maximum absolute atomic E-state index is 10.7. The van der Waals surface area contributed by atoms with Crippen molar-refractivity contribution in [2.24, 2.45) is 0 Å². The van der Waals surface area contributed by atoms with E-state index >= 15 is 0 Å². The van der Waals surface area contributed by atoms with Crippen molar-refractivity contribution in [1.29, 1.82) is 0 Å². The van der Waals surface area contributed by atoms with Crippen LogP contribution >= 0.6 is 0 Å². The predicted molar refractivity (Wildman–Crippen MR) is 135 cm³/mol. The van der Waals surface area contributed by atoms with Gasteiger partial charge in [-0.05, 0) is 75.9 Å². The molecule has 0 radical (unpaired) electrons. The van der Waals surface area contributed by atoms with Gasteiger partial charge in [-0.1, -0.05) is 12.1 Å². The lowest BCUT2D eigenvalue weighted by atomic mass is 9.79. The lowest BCUT2D eigenvalue weighted by molar-refractivity contribution is 0.160. The van der Waals surface area contributed by atoms with Gasteiger partial charge in [0, 0.05) is 29.7 Å². The Balaban J connectivity index is 1.37. The fourth-order valence-electron chi connectivity index (χ4n) is 5.30. The molecule has 0 aliphatic carbocycles. The first-order valence-electron chi connectivity index (χ1n) is 11.6. The number of nitrogens with zero attached hydrogens (tertiary/aromatic N) is 5. The van der Waals surface area contributed by atoms with Crippen LogP contribution in [0, 0.1) is 0 Å². The van der Waals surface area contributed by atoms with Gasteiger partial charge in [0.2, 0.25) is 5.95 Å². The number of hydrogen-bond acceptors (Lipinski definition) is 7. The largest absolute Gasteiger partial charge is 0.507 e. The second-order valence-electron chi connectivity index (χ2n) is 10.6. The Morgan fingerprint density at radius 2 is 1.65 bits per heavy atom. The van der Waals surface area contributed by atoms with Gasteiger partial charge in [0.05, 0.1) is 23.6 Å². The average Bonchev–Trinajstić information content (AvgIpc) is 3.24. The summed E-state index contributed by atoms with van der Waals surface area (Å²) in [6, 6.07) is 11.8. The van der Waals surface area contributed by atoms with Crippen molar-refractivity contribution in [2.45, 2.75) is 57.7 Å². The first-order chi connectivity index (χ1) is 16.1. The molecule has 8 nitrogen and oxygen atoms in total. The summed E-state index contributed by atoms with van der Waals surface area (Å²) < 4.78 is 0. The third kappa shape index (κ3) is 4.33. The molecule has 1 aliphatic heterocycles. The Morgan fingerprint density at radius 1 is 0.941 bits per heavy atom. The first-order valence-corrected chi connectivity index (χ1v) is 11.6. The highest BCUT2D eigenvalue weighted by molar-refractivity contribution is 5.83. The van der Waals surface area contributed by atoms with Gasteiger partial charge in [0.25, 0.3) is 0 Å². The number of phenolic OH excluding ortho intramolecular Hbond substituents is 1. The molecule has 176 valence electrons. The number of nitrogens with one attached hydrogen (secondary N) is 2.